The molecule has 0 aliphatic heterocycles. The van der Waals surface area contributed by atoms with Gasteiger partial charge < -0.3 is 4.74 Å². The van der Waals surface area contributed by atoms with Crippen molar-refractivity contribution in [3.05, 3.63) is 41.1 Å². The molecular weight excluding hydrogens is 228 g/mol. The second-order valence-corrected chi connectivity index (χ2v) is 4.13. The molecule has 1 aromatic heterocycles. The van der Waals surface area contributed by atoms with Crippen LogP contribution >= 0.6 is 0 Å². The number of carbonyl (C=O) groups is 1. The molecule has 0 radical (unpaired) electrons. The lowest BCUT2D eigenvalue weighted by Crippen LogP contribution is -2.05. The number of benzene rings is 1. The van der Waals surface area contributed by atoms with E-state index in [1.807, 2.05) is 32.0 Å². The van der Waals surface area contributed by atoms with Gasteiger partial charge in [0.25, 0.3) is 0 Å². The summed E-state index contributed by atoms with van der Waals surface area (Å²) in [6.45, 7) is 6.21. The van der Waals surface area contributed by atoms with Gasteiger partial charge in [0.2, 0.25) is 0 Å². The predicted octanol–water partition coefficient (Wildman–Crippen LogP) is 2.87. The first-order valence-corrected chi connectivity index (χ1v) is 5.92. The van der Waals surface area contributed by atoms with E-state index in [2.05, 4.69) is 10.2 Å². The summed E-state index contributed by atoms with van der Waals surface area (Å²) in [6.07, 6.45) is 1.51. The van der Waals surface area contributed by atoms with E-state index in [-0.39, 0.29) is 5.97 Å². The van der Waals surface area contributed by atoms with Crippen molar-refractivity contribution < 1.29 is 9.53 Å². The first-order chi connectivity index (χ1) is 8.65. The summed E-state index contributed by atoms with van der Waals surface area (Å²) in [4.78, 5) is 11.8. The minimum atomic E-state index is -0.345. The van der Waals surface area contributed by atoms with Gasteiger partial charge in [-0.2, -0.15) is 5.10 Å². The number of rotatable bonds is 3. The van der Waals surface area contributed by atoms with Gasteiger partial charge >= 0.3 is 5.97 Å². The number of H-pyrrole nitrogens is 1. The maximum Gasteiger partial charge on any atom is 0.341 e. The molecular formula is C14H16N2O2. The van der Waals surface area contributed by atoms with E-state index >= 15 is 0 Å². The summed E-state index contributed by atoms with van der Waals surface area (Å²) in [7, 11) is 0. The molecule has 1 N–H and O–H groups in total. The van der Waals surface area contributed by atoms with Gasteiger partial charge in [-0.15, -0.1) is 0 Å². The average molecular weight is 244 g/mol. The lowest BCUT2D eigenvalue weighted by molar-refractivity contribution is 0.0527. The molecule has 18 heavy (non-hydrogen) atoms. The van der Waals surface area contributed by atoms with Crippen LogP contribution in [0.3, 0.4) is 0 Å². The van der Waals surface area contributed by atoms with E-state index in [1.54, 1.807) is 6.92 Å². The largest absolute Gasteiger partial charge is 0.462 e. The lowest BCUT2D eigenvalue weighted by Gasteiger charge is -2.08. The third kappa shape index (κ3) is 2.14. The van der Waals surface area contributed by atoms with Gasteiger partial charge in [-0.1, -0.05) is 18.2 Å². The fourth-order valence-corrected chi connectivity index (χ4v) is 1.88. The number of nitrogens with zero attached hydrogens (tertiary/aromatic N) is 1. The van der Waals surface area contributed by atoms with Crippen LogP contribution < -0.4 is 0 Å². The molecule has 0 amide bonds. The van der Waals surface area contributed by atoms with Crippen LogP contribution in [-0.2, 0) is 4.74 Å². The molecule has 0 atom stereocenters. The molecule has 2 rings (SSSR count). The normalized spacial score (nSPS) is 10.4. The molecule has 0 saturated heterocycles. The second kappa shape index (κ2) is 5.04. The van der Waals surface area contributed by atoms with Crippen LogP contribution in [0, 0.1) is 13.8 Å². The summed E-state index contributed by atoms with van der Waals surface area (Å²) in [5, 5.41) is 6.83. The summed E-state index contributed by atoms with van der Waals surface area (Å²) in [5.74, 6) is -0.345. The summed E-state index contributed by atoms with van der Waals surface area (Å²) in [6, 6.07) is 5.98. The van der Waals surface area contributed by atoms with Crippen LogP contribution in [0.1, 0.15) is 28.4 Å². The number of hydrogen-bond donors (Lipinski definition) is 1. The topological polar surface area (TPSA) is 55.0 Å². The van der Waals surface area contributed by atoms with Gasteiger partial charge in [-0.3, -0.25) is 5.10 Å². The highest BCUT2D eigenvalue weighted by atomic mass is 16.5. The Morgan fingerprint density at radius 1 is 1.39 bits per heavy atom. The average Bonchev–Trinajstić information content (AvgIpc) is 2.82. The van der Waals surface area contributed by atoms with Gasteiger partial charge in [0.15, 0.2) is 0 Å². The Kier molecular flexibility index (Phi) is 3.46. The quantitative estimate of drug-likeness (QED) is 0.845. The highest BCUT2D eigenvalue weighted by molar-refractivity contribution is 5.96. The Morgan fingerprint density at radius 3 is 2.89 bits per heavy atom. The minimum absolute atomic E-state index is 0.345. The highest BCUT2D eigenvalue weighted by Crippen LogP contribution is 2.26. The predicted molar refractivity (Wildman–Crippen MR) is 69.5 cm³/mol. The summed E-state index contributed by atoms with van der Waals surface area (Å²) >= 11 is 0. The van der Waals surface area contributed by atoms with E-state index < -0.39 is 0 Å². The third-order valence-corrected chi connectivity index (χ3v) is 3.01. The van der Waals surface area contributed by atoms with E-state index in [1.165, 1.54) is 11.8 Å². The number of aromatic nitrogens is 2. The van der Waals surface area contributed by atoms with Crippen LogP contribution in [0.4, 0.5) is 0 Å². The van der Waals surface area contributed by atoms with Crippen molar-refractivity contribution in [1.82, 2.24) is 10.2 Å². The Hall–Kier alpha value is -2.10. The number of aryl methyl sites for hydroxylation is 1. The highest BCUT2D eigenvalue weighted by Gasteiger charge is 2.17. The maximum absolute atomic E-state index is 11.8. The van der Waals surface area contributed by atoms with Crippen LogP contribution in [0.25, 0.3) is 11.3 Å². The fourth-order valence-electron chi connectivity index (χ4n) is 1.88. The Morgan fingerprint density at radius 2 is 2.17 bits per heavy atom. The molecule has 2 aromatic rings. The number of carbonyl (C=O) groups excluding carboxylic acids is 1. The zero-order valence-electron chi connectivity index (χ0n) is 10.8. The number of esters is 1. The SMILES string of the molecule is CCOC(=O)c1cn[nH]c1-c1cccc(C)c1C. The van der Waals surface area contributed by atoms with Gasteiger partial charge in [-0.25, -0.2) is 4.79 Å². The van der Waals surface area contributed by atoms with E-state index in [4.69, 9.17) is 4.74 Å². The van der Waals surface area contributed by atoms with E-state index in [9.17, 15) is 4.79 Å². The van der Waals surface area contributed by atoms with Gasteiger partial charge in [0, 0.05) is 5.56 Å². The van der Waals surface area contributed by atoms with E-state index in [0.717, 1.165) is 16.8 Å². The minimum Gasteiger partial charge on any atom is -0.462 e. The standard InChI is InChI=1S/C14H16N2O2/c1-4-18-14(17)12-8-15-16-13(12)11-7-5-6-9(2)10(11)3/h5-8H,4H2,1-3H3,(H,15,16). The van der Waals surface area contributed by atoms with Crippen molar-refractivity contribution in [2.75, 3.05) is 6.61 Å². The van der Waals surface area contributed by atoms with Crippen LogP contribution in [0.5, 0.6) is 0 Å². The van der Waals surface area contributed by atoms with Crippen molar-refractivity contribution in [3.63, 3.8) is 0 Å². The first kappa shape index (κ1) is 12.4. The van der Waals surface area contributed by atoms with Crippen LogP contribution in [0.2, 0.25) is 0 Å². The molecule has 0 bridgehead atoms. The van der Waals surface area contributed by atoms with Crippen molar-refractivity contribution in [2.45, 2.75) is 20.8 Å². The third-order valence-electron chi connectivity index (χ3n) is 3.01. The zero-order valence-corrected chi connectivity index (χ0v) is 10.8. The Balaban J connectivity index is 2.49. The van der Waals surface area contributed by atoms with Gasteiger partial charge in [0.1, 0.15) is 5.56 Å². The Bertz CT molecular complexity index is 573. The lowest BCUT2D eigenvalue weighted by atomic mass is 9.99. The maximum atomic E-state index is 11.8. The molecule has 0 aliphatic rings. The van der Waals surface area contributed by atoms with Gasteiger partial charge in [-0.05, 0) is 31.9 Å². The van der Waals surface area contributed by atoms with Crippen LogP contribution in [-0.4, -0.2) is 22.8 Å². The van der Waals surface area contributed by atoms with E-state index in [0.29, 0.717) is 12.2 Å². The smallest absolute Gasteiger partial charge is 0.341 e. The molecule has 0 unspecified atom stereocenters. The molecule has 0 spiro atoms. The van der Waals surface area contributed by atoms with Crippen molar-refractivity contribution in [3.8, 4) is 11.3 Å². The molecule has 0 fully saturated rings. The monoisotopic (exact) mass is 244 g/mol. The van der Waals surface area contributed by atoms with Crippen LogP contribution in [0.15, 0.2) is 24.4 Å². The number of nitrogens with one attached hydrogen (secondary N) is 1. The molecule has 94 valence electrons. The van der Waals surface area contributed by atoms with Gasteiger partial charge in [0.05, 0.1) is 18.5 Å². The number of hydrogen-bond acceptors (Lipinski definition) is 3. The van der Waals surface area contributed by atoms with Crippen molar-refractivity contribution in [1.29, 1.82) is 0 Å². The molecule has 0 saturated carbocycles. The molecule has 1 heterocycles. The summed E-state index contributed by atoms with van der Waals surface area (Å²) < 4.78 is 5.02. The molecule has 4 nitrogen and oxygen atoms in total. The number of aromatic amines is 1. The van der Waals surface area contributed by atoms with Crippen molar-refractivity contribution in [2.24, 2.45) is 0 Å². The zero-order chi connectivity index (χ0) is 13.1. The van der Waals surface area contributed by atoms with Crippen molar-refractivity contribution >= 4 is 5.97 Å². The summed E-state index contributed by atoms with van der Waals surface area (Å²) in [5.41, 5.74) is 4.49. The molecule has 1 aromatic carbocycles. The molecule has 4 heteroatoms. The molecule has 0 aliphatic carbocycles. The first-order valence-electron chi connectivity index (χ1n) is 5.92. The fraction of sp³-hybridized carbons (Fsp3) is 0.286. The number of ether oxygens (including phenoxy) is 1. The Labute approximate surface area is 106 Å². The second-order valence-electron chi connectivity index (χ2n) is 4.13.